The third-order valence-electron chi connectivity index (χ3n) is 2.89. The predicted molar refractivity (Wildman–Crippen MR) is 68.2 cm³/mol. The number of carboxylic acid groups (broad SMARTS) is 1. The van der Waals surface area contributed by atoms with Gasteiger partial charge in [-0.1, -0.05) is 18.2 Å². The van der Waals surface area contributed by atoms with Gasteiger partial charge >= 0.3 is 12.1 Å². The summed E-state index contributed by atoms with van der Waals surface area (Å²) < 4.78 is 51.8. The van der Waals surface area contributed by atoms with Gasteiger partial charge < -0.3 is 5.11 Å². The third kappa shape index (κ3) is 3.59. The fourth-order valence-corrected chi connectivity index (χ4v) is 1.94. The molecule has 0 radical (unpaired) electrons. The molecule has 2 nitrogen and oxygen atoms in total. The Labute approximate surface area is 117 Å². The number of alkyl halides is 3. The highest BCUT2D eigenvalue weighted by Gasteiger charge is 2.30. The zero-order chi connectivity index (χ0) is 15.6. The van der Waals surface area contributed by atoms with Gasteiger partial charge in [-0.15, -0.1) is 0 Å². The van der Waals surface area contributed by atoms with Crippen molar-refractivity contribution in [3.63, 3.8) is 0 Å². The average molecular weight is 298 g/mol. The normalized spacial score (nSPS) is 11.4. The largest absolute Gasteiger partial charge is 0.481 e. The standard InChI is InChI=1S/C15H10F4O2/c16-13-5-4-9(7-14(20)21)6-12(13)10-2-1-3-11(8-10)15(17,18)19/h1-6,8H,7H2,(H,20,21). The topological polar surface area (TPSA) is 37.3 Å². The monoisotopic (exact) mass is 298 g/mol. The third-order valence-corrected chi connectivity index (χ3v) is 2.89. The molecule has 0 saturated carbocycles. The fraction of sp³-hybridized carbons (Fsp3) is 0.133. The van der Waals surface area contributed by atoms with Gasteiger partial charge in [0.1, 0.15) is 5.82 Å². The number of carboxylic acids is 1. The maximum absolute atomic E-state index is 13.8. The van der Waals surface area contributed by atoms with Crippen LogP contribution in [0.2, 0.25) is 0 Å². The van der Waals surface area contributed by atoms with E-state index in [0.717, 1.165) is 18.2 Å². The maximum Gasteiger partial charge on any atom is 0.416 e. The number of halogens is 4. The van der Waals surface area contributed by atoms with Gasteiger partial charge in [0.25, 0.3) is 0 Å². The molecule has 0 fully saturated rings. The summed E-state index contributed by atoms with van der Waals surface area (Å²) in [5, 5.41) is 8.71. The van der Waals surface area contributed by atoms with Crippen LogP contribution in [0.3, 0.4) is 0 Å². The van der Waals surface area contributed by atoms with Crippen LogP contribution < -0.4 is 0 Å². The number of hydrogen-bond donors (Lipinski definition) is 1. The Morgan fingerprint density at radius 2 is 1.81 bits per heavy atom. The number of hydrogen-bond acceptors (Lipinski definition) is 1. The van der Waals surface area contributed by atoms with Crippen molar-refractivity contribution in [2.75, 3.05) is 0 Å². The molecule has 0 aliphatic heterocycles. The summed E-state index contributed by atoms with van der Waals surface area (Å²) in [7, 11) is 0. The van der Waals surface area contributed by atoms with E-state index < -0.39 is 23.5 Å². The van der Waals surface area contributed by atoms with E-state index >= 15 is 0 Å². The van der Waals surface area contributed by atoms with Gasteiger partial charge in [-0.2, -0.15) is 13.2 Å². The van der Waals surface area contributed by atoms with Crippen LogP contribution in [-0.2, 0) is 17.4 Å². The molecule has 0 amide bonds. The van der Waals surface area contributed by atoms with Gasteiger partial charge in [-0.25, -0.2) is 4.39 Å². The lowest BCUT2D eigenvalue weighted by Gasteiger charge is -2.10. The Kier molecular flexibility index (Phi) is 3.97. The first kappa shape index (κ1) is 15.0. The van der Waals surface area contributed by atoms with E-state index in [9.17, 15) is 22.4 Å². The van der Waals surface area contributed by atoms with Crippen LogP contribution in [0.5, 0.6) is 0 Å². The number of benzene rings is 2. The lowest BCUT2D eigenvalue weighted by atomic mass is 9.99. The molecule has 0 heterocycles. The minimum Gasteiger partial charge on any atom is -0.481 e. The first-order valence-electron chi connectivity index (χ1n) is 5.95. The number of aliphatic carboxylic acids is 1. The second kappa shape index (κ2) is 5.55. The summed E-state index contributed by atoms with van der Waals surface area (Å²) in [6.45, 7) is 0. The first-order chi connectivity index (χ1) is 9.77. The Bertz CT molecular complexity index is 678. The highest BCUT2D eigenvalue weighted by atomic mass is 19.4. The zero-order valence-corrected chi connectivity index (χ0v) is 10.6. The summed E-state index contributed by atoms with van der Waals surface area (Å²) in [5.74, 6) is -1.81. The second-order valence-corrected chi connectivity index (χ2v) is 4.46. The van der Waals surface area contributed by atoms with Crippen LogP contribution in [0.25, 0.3) is 11.1 Å². The van der Waals surface area contributed by atoms with Crippen LogP contribution in [0.4, 0.5) is 17.6 Å². The second-order valence-electron chi connectivity index (χ2n) is 4.46. The summed E-state index contributed by atoms with van der Waals surface area (Å²) >= 11 is 0. The molecule has 110 valence electrons. The summed E-state index contributed by atoms with van der Waals surface area (Å²) in [4.78, 5) is 10.6. The first-order valence-corrected chi connectivity index (χ1v) is 5.95. The van der Waals surface area contributed by atoms with Gasteiger partial charge in [0.2, 0.25) is 0 Å². The van der Waals surface area contributed by atoms with E-state index in [1.165, 1.54) is 24.3 Å². The molecule has 0 saturated heterocycles. The van der Waals surface area contributed by atoms with E-state index in [0.29, 0.717) is 5.56 Å². The molecular weight excluding hydrogens is 288 g/mol. The van der Waals surface area contributed by atoms with Crippen molar-refractivity contribution >= 4 is 5.97 Å². The minimum absolute atomic E-state index is 0.0505. The molecule has 0 unspecified atom stereocenters. The molecular formula is C15H10F4O2. The molecule has 2 aromatic rings. The molecule has 6 heteroatoms. The van der Waals surface area contributed by atoms with E-state index in [1.54, 1.807) is 0 Å². The summed E-state index contributed by atoms with van der Waals surface area (Å²) in [6.07, 6.45) is -4.85. The predicted octanol–water partition coefficient (Wildman–Crippen LogP) is 4.14. The zero-order valence-electron chi connectivity index (χ0n) is 10.6. The average Bonchev–Trinajstić information content (AvgIpc) is 2.39. The lowest BCUT2D eigenvalue weighted by Crippen LogP contribution is -2.05. The van der Waals surface area contributed by atoms with Crippen molar-refractivity contribution < 1.29 is 27.5 Å². The lowest BCUT2D eigenvalue weighted by molar-refractivity contribution is -0.138. The van der Waals surface area contributed by atoms with Crippen molar-refractivity contribution in [1.82, 2.24) is 0 Å². The Balaban J connectivity index is 2.48. The van der Waals surface area contributed by atoms with Crippen molar-refractivity contribution in [3.8, 4) is 11.1 Å². The Morgan fingerprint density at radius 3 is 2.43 bits per heavy atom. The van der Waals surface area contributed by atoms with E-state index in [2.05, 4.69) is 0 Å². The fourth-order valence-electron chi connectivity index (χ4n) is 1.94. The van der Waals surface area contributed by atoms with Crippen molar-refractivity contribution in [2.24, 2.45) is 0 Å². The minimum atomic E-state index is -4.52. The van der Waals surface area contributed by atoms with Crippen LogP contribution in [0.1, 0.15) is 11.1 Å². The molecule has 0 atom stereocenters. The van der Waals surface area contributed by atoms with E-state index in [-0.39, 0.29) is 17.5 Å². The van der Waals surface area contributed by atoms with E-state index in [1.807, 2.05) is 0 Å². The highest BCUT2D eigenvalue weighted by molar-refractivity contribution is 5.72. The van der Waals surface area contributed by atoms with Gasteiger partial charge in [0.15, 0.2) is 0 Å². The van der Waals surface area contributed by atoms with Crippen LogP contribution in [0, 0.1) is 5.82 Å². The van der Waals surface area contributed by atoms with Crippen molar-refractivity contribution in [2.45, 2.75) is 12.6 Å². The van der Waals surface area contributed by atoms with Gasteiger partial charge in [0.05, 0.1) is 12.0 Å². The van der Waals surface area contributed by atoms with Crippen LogP contribution in [0.15, 0.2) is 42.5 Å². The molecule has 2 aromatic carbocycles. The Morgan fingerprint density at radius 1 is 1.10 bits per heavy atom. The van der Waals surface area contributed by atoms with Crippen molar-refractivity contribution in [3.05, 3.63) is 59.4 Å². The Hall–Kier alpha value is -2.37. The molecule has 0 aliphatic rings. The molecule has 2 rings (SSSR count). The van der Waals surface area contributed by atoms with E-state index in [4.69, 9.17) is 5.11 Å². The maximum atomic E-state index is 13.8. The molecule has 0 bridgehead atoms. The van der Waals surface area contributed by atoms with Crippen LogP contribution in [-0.4, -0.2) is 11.1 Å². The highest BCUT2D eigenvalue weighted by Crippen LogP contribution is 2.33. The van der Waals surface area contributed by atoms with Crippen molar-refractivity contribution in [1.29, 1.82) is 0 Å². The molecule has 0 aliphatic carbocycles. The summed E-state index contributed by atoms with van der Waals surface area (Å²) in [5.41, 5.74) is -0.575. The van der Waals surface area contributed by atoms with Gasteiger partial charge in [-0.3, -0.25) is 4.79 Å². The molecule has 0 spiro atoms. The molecule has 21 heavy (non-hydrogen) atoms. The molecule has 1 N–H and O–H groups in total. The SMILES string of the molecule is O=C(O)Cc1ccc(F)c(-c2cccc(C(F)(F)F)c2)c1. The number of carbonyl (C=O) groups is 1. The van der Waals surface area contributed by atoms with Gasteiger partial charge in [0, 0.05) is 5.56 Å². The quantitative estimate of drug-likeness (QED) is 0.865. The molecule has 0 aromatic heterocycles. The summed E-state index contributed by atoms with van der Waals surface area (Å²) in [6, 6.07) is 7.85. The number of rotatable bonds is 3. The van der Waals surface area contributed by atoms with Gasteiger partial charge in [-0.05, 0) is 35.4 Å². The van der Waals surface area contributed by atoms with Crippen LogP contribution >= 0.6 is 0 Å². The smallest absolute Gasteiger partial charge is 0.416 e.